The van der Waals surface area contributed by atoms with Crippen molar-refractivity contribution in [2.24, 2.45) is 0 Å². The Bertz CT molecular complexity index is 1030. The first-order valence-corrected chi connectivity index (χ1v) is 13.3. The van der Waals surface area contributed by atoms with E-state index in [2.05, 4.69) is 14.8 Å². The monoisotopic (exact) mass is 468 g/mol. The molecule has 2 aliphatic rings. The van der Waals surface area contributed by atoms with Gasteiger partial charge in [-0.3, -0.25) is 9.36 Å². The first-order valence-electron chi connectivity index (χ1n) is 10.1. The molecule has 0 N–H and O–H groups in total. The smallest absolute Gasteiger partial charge is 0.233 e. The topological polar surface area (TPSA) is 85.2 Å². The molecule has 7 nitrogen and oxygen atoms in total. The Morgan fingerprint density at radius 1 is 1.23 bits per heavy atom. The highest BCUT2D eigenvalue weighted by Gasteiger charge is 2.33. The van der Waals surface area contributed by atoms with E-state index in [0.29, 0.717) is 22.6 Å². The Balaban J connectivity index is 1.53. The summed E-state index contributed by atoms with van der Waals surface area (Å²) in [4.78, 5) is 14.3. The van der Waals surface area contributed by atoms with Crippen molar-refractivity contribution in [3.05, 3.63) is 29.3 Å². The zero-order valence-electron chi connectivity index (χ0n) is 16.8. The molecule has 1 unspecified atom stereocenters. The largest absolute Gasteiger partial charge is 0.341 e. The minimum Gasteiger partial charge on any atom is -0.341 e. The van der Waals surface area contributed by atoms with E-state index in [1.165, 1.54) is 11.8 Å². The number of carbonyl (C=O) groups excluding carboxylic acids is 1. The highest BCUT2D eigenvalue weighted by Crippen LogP contribution is 2.38. The summed E-state index contributed by atoms with van der Waals surface area (Å²) in [6, 6.07) is 7.64. The second kappa shape index (κ2) is 8.88. The van der Waals surface area contributed by atoms with E-state index in [1.807, 2.05) is 24.3 Å². The van der Waals surface area contributed by atoms with E-state index in [9.17, 15) is 13.2 Å². The maximum atomic E-state index is 12.7. The number of rotatable bonds is 6. The lowest BCUT2D eigenvalue weighted by Crippen LogP contribution is -2.38. The van der Waals surface area contributed by atoms with E-state index in [-0.39, 0.29) is 29.2 Å². The Labute approximate surface area is 186 Å². The van der Waals surface area contributed by atoms with Crippen molar-refractivity contribution in [1.29, 1.82) is 0 Å². The highest BCUT2D eigenvalue weighted by atomic mass is 35.5. The van der Waals surface area contributed by atoms with Crippen LogP contribution in [0.25, 0.3) is 11.4 Å². The summed E-state index contributed by atoms with van der Waals surface area (Å²) in [7, 11) is -1.34. The van der Waals surface area contributed by atoms with Crippen molar-refractivity contribution in [2.75, 3.05) is 24.3 Å². The average molecular weight is 469 g/mol. The average Bonchev–Trinajstić information content (AvgIpc) is 3.45. The molecule has 1 aliphatic heterocycles. The van der Waals surface area contributed by atoms with Crippen molar-refractivity contribution >= 4 is 39.1 Å². The van der Waals surface area contributed by atoms with Crippen LogP contribution >= 0.6 is 23.4 Å². The standard InChI is InChI=1S/C20H25ClN4O3S2/c1-24(15-10-11-30(27,28)13-15)18(26)12-29-20-23-22-19(16-8-4-5-9-17(16)21)25(20)14-6-2-3-7-14/h4-5,8-9,14-15H,2-3,6-7,10-13H2,1H3. The molecular formula is C20H25ClN4O3S2. The quantitative estimate of drug-likeness (QED) is 0.603. The van der Waals surface area contributed by atoms with Crippen LogP contribution < -0.4 is 0 Å². The SMILES string of the molecule is CN(C(=O)CSc1nnc(-c2ccccc2Cl)n1C1CCCC1)C1CCS(=O)(=O)C1. The van der Waals surface area contributed by atoms with Crippen molar-refractivity contribution in [3.8, 4) is 11.4 Å². The van der Waals surface area contributed by atoms with Crippen LogP contribution in [0.5, 0.6) is 0 Å². The number of hydrogen-bond acceptors (Lipinski definition) is 6. The second-order valence-corrected chi connectivity index (χ2v) is 11.5. The van der Waals surface area contributed by atoms with Crippen molar-refractivity contribution in [2.45, 2.75) is 49.3 Å². The van der Waals surface area contributed by atoms with Gasteiger partial charge in [-0.15, -0.1) is 10.2 Å². The minimum atomic E-state index is -3.03. The van der Waals surface area contributed by atoms with Crippen molar-refractivity contribution < 1.29 is 13.2 Å². The van der Waals surface area contributed by atoms with Gasteiger partial charge in [0.2, 0.25) is 5.91 Å². The van der Waals surface area contributed by atoms with Gasteiger partial charge in [-0.1, -0.05) is 48.3 Å². The van der Waals surface area contributed by atoms with Gasteiger partial charge in [-0.2, -0.15) is 0 Å². The molecule has 2 fully saturated rings. The van der Waals surface area contributed by atoms with Crippen LogP contribution in [0.2, 0.25) is 5.02 Å². The highest BCUT2D eigenvalue weighted by molar-refractivity contribution is 7.99. The van der Waals surface area contributed by atoms with Gasteiger partial charge in [0.25, 0.3) is 0 Å². The Morgan fingerprint density at radius 3 is 2.63 bits per heavy atom. The molecule has 1 saturated carbocycles. The van der Waals surface area contributed by atoms with Crippen molar-refractivity contribution in [3.63, 3.8) is 0 Å². The lowest BCUT2D eigenvalue weighted by Gasteiger charge is -2.23. The molecule has 1 saturated heterocycles. The van der Waals surface area contributed by atoms with Crippen LogP contribution in [-0.4, -0.2) is 64.3 Å². The van der Waals surface area contributed by atoms with Crippen LogP contribution in [-0.2, 0) is 14.6 Å². The van der Waals surface area contributed by atoms with Crippen LogP contribution in [0, 0.1) is 0 Å². The molecule has 1 aliphatic carbocycles. The van der Waals surface area contributed by atoms with Gasteiger partial charge < -0.3 is 4.90 Å². The molecule has 0 bridgehead atoms. The van der Waals surface area contributed by atoms with Gasteiger partial charge in [0.05, 0.1) is 22.3 Å². The van der Waals surface area contributed by atoms with Crippen molar-refractivity contribution in [1.82, 2.24) is 19.7 Å². The molecule has 1 amide bonds. The number of thioether (sulfide) groups is 1. The van der Waals surface area contributed by atoms with E-state index < -0.39 is 9.84 Å². The fourth-order valence-corrected chi connectivity index (χ4v) is 7.13. The molecule has 2 aromatic rings. The first kappa shape index (κ1) is 21.6. The summed E-state index contributed by atoms with van der Waals surface area (Å²) in [5.41, 5.74) is 0.838. The fraction of sp³-hybridized carbons (Fsp3) is 0.550. The van der Waals surface area contributed by atoms with E-state index >= 15 is 0 Å². The van der Waals surface area contributed by atoms with Gasteiger partial charge in [0.15, 0.2) is 20.8 Å². The van der Waals surface area contributed by atoms with Gasteiger partial charge in [0.1, 0.15) is 0 Å². The third-order valence-electron chi connectivity index (χ3n) is 5.94. The number of carbonyl (C=O) groups is 1. The molecule has 0 radical (unpaired) electrons. The Hall–Kier alpha value is -1.58. The van der Waals surface area contributed by atoms with Crippen LogP contribution in [0.15, 0.2) is 29.4 Å². The molecule has 1 aromatic heterocycles. The molecule has 30 heavy (non-hydrogen) atoms. The van der Waals surface area contributed by atoms with E-state index in [1.54, 1.807) is 11.9 Å². The summed E-state index contributed by atoms with van der Waals surface area (Å²) < 4.78 is 25.6. The number of benzene rings is 1. The zero-order chi connectivity index (χ0) is 21.3. The second-order valence-electron chi connectivity index (χ2n) is 7.94. The van der Waals surface area contributed by atoms with Gasteiger partial charge in [-0.05, 0) is 31.4 Å². The molecular weight excluding hydrogens is 444 g/mol. The molecule has 2 heterocycles. The van der Waals surface area contributed by atoms with Crippen LogP contribution in [0.1, 0.15) is 38.1 Å². The number of hydrogen-bond donors (Lipinski definition) is 0. The first-order chi connectivity index (χ1) is 14.4. The lowest BCUT2D eigenvalue weighted by molar-refractivity contribution is -0.128. The number of nitrogens with zero attached hydrogens (tertiary/aromatic N) is 4. The molecule has 10 heteroatoms. The Kier molecular flexibility index (Phi) is 6.41. The number of sulfone groups is 1. The molecule has 162 valence electrons. The third kappa shape index (κ3) is 4.53. The summed E-state index contributed by atoms with van der Waals surface area (Å²) in [5.74, 6) is 1.04. The van der Waals surface area contributed by atoms with Gasteiger partial charge >= 0.3 is 0 Å². The normalized spacial score (nSPS) is 21.2. The van der Waals surface area contributed by atoms with E-state index in [0.717, 1.165) is 37.1 Å². The number of halogens is 1. The maximum Gasteiger partial charge on any atom is 0.233 e. The number of amides is 1. The van der Waals surface area contributed by atoms with Crippen LogP contribution in [0.3, 0.4) is 0 Å². The maximum absolute atomic E-state index is 12.7. The predicted molar refractivity (Wildman–Crippen MR) is 119 cm³/mol. The molecule has 1 atom stereocenters. The summed E-state index contributed by atoms with van der Waals surface area (Å²) >= 11 is 7.77. The Morgan fingerprint density at radius 2 is 1.97 bits per heavy atom. The fourth-order valence-electron chi connectivity index (χ4n) is 4.21. The third-order valence-corrected chi connectivity index (χ3v) is 8.95. The number of aromatic nitrogens is 3. The van der Waals surface area contributed by atoms with Crippen LogP contribution in [0.4, 0.5) is 0 Å². The molecule has 1 aromatic carbocycles. The lowest BCUT2D eigenvalue weighted by atomic mass is 10.2. The summed E-state index contributed by atoms with van der Waals surface area (Å²) in [6.07, 6.45) is 4.93. The van der Waals surface area contributed by atoms with E-state index in [4.69, 9.17) is 11.6 Å². The summed E-state index contributed by atoms with van der Waals surface area (Å²) in [6.45, 7) is 0. The predicted octanol–water partition coefficient (Wildman–Crippen LogP) is 3.45. The molecule has 0 spiro atoms. The molecule has 4 rings (SSSR count). The summed E-state index contributed by atoms with van der Waals surface area (Å²) in [5, 5.41) is 10.1. The zero-order valence-corrected chi connectivity index (χ0v) is 19.2. The minimum absolute atomic E-state index is 0.0504. The van der Waals surface area contributed by atoms with Gasteiger partial charge in [-0.25, -0.2) is 8.42 Å². The van der Waals surface area contributed by atoms with Gasteiger partial charge in [0, 0.05) is 24.7 Å².